The standard InChI is InChI=1S/C19H21ClN4O4S/c1-10-8-11(2)24(21-10)9-14-15(29(5,27)28)7-6-13(17(14)20)18(25)16-12(3)22-23(4)19(16)26/h6-8,26H,9H2,1-5H3. The monoisotopic (exact) mass is 436 g/mol. The lowest BCUT2D eigenvalue weighted by Crippen LogP contribution is -2.13. The minimum atomic E-state index is -3.60. The van der Waals surface area contributed by atoms with Crippen molar-refractivity contribution in [3.63, 3.8) is 0 Å². The molecule has 154 valence electrons. The summed E-state index contributed by atoms with van der Waals surface area (Å²) >= 11 is 6.55. The van der Waals surface area contributed by atoms with Crippen molar-refractivity contribution >= 4 is 27.2 Å². The Morgan fingerprint density at radius 1 is 1.21 bits per heavy atom. The molecule has 2 heterocycles. The topological polar surface area (TPSA) is 107 Å². The molecule has 0 aliphatic rings. The van der Waals surface area contributed by atoms with E-state index in [9.17, 15) is 18.3 Å². The molecule has 0 unspecified atom stereocenters. The van der Waals surface area contributed by atoms with Gasteiger partial charge < -0.3 is 5.11 Å². The first kappa shape index (κ1) is 21.1. The van der Waals surface area contributed by atoms with Crippen LogP contribution in [-0.2, 0) is 23.4 Å². The Hall–Kier alpha value is -2.65. The summed E-state index contributed by atoms with van der Waals surface area (Å²) in [4.78, 5) is 13.1. The molecule has 29 heavy (non-hydrogen) atoms. The predicted octanol–water partition coefficient (Wildman–Crippen LogP) is 2.58. The minimum absolute atomic E-state index is 0.00753. The first-order chi connectivity index (χ1) is 13.4. The lowest BCUT2D eigenvalue weighted by Gasteiger charge is -2.15. The van der Waals surface area contributed by atoms with Crippen LogP contribution in [0.5, 0.6) is 5.88 Å². The van der Waals surface area contributed by atoms with Gasteiger partial charge in [0.25, 0.3) is 0 Å². The van der Waals surface area contributed by atoms with Crippen molar-refractivity contribution in [1.82, 2.24) is 19.6 Å². The van der Waals surface area contributed by atoms with Gasteiger partial charge in [0.2, 0.25) is 11.7 Å². The molecular formula is C19H21ClN4O4S. The summed E-state index contributed by atoms with van der Waals surface area (Å²) in [7, 11) is -2.09. The van der Waals surface area contributed by atoms with Crippen LogP contribution in [0, 0.1) is 20.8 Å². The number of rotatable bonds is 5. The molecule has 10 heteroatoms. The normalized spacial score (nSPS) is 11.8. The molecule has 3 aromatic rings. The molecule has 3 rings (SSSR count). The first-order valence-corrected chi connectivity index (χ1v) is 11.0. The van der Waals surface area contributed by atoms with E-state index >= 15 is 0 Å². The predicted molar refractivity (Wildman–Crippen MR) is 108 cm³/mol. The van der Waals surface area contributed by atoms with Crippen molar-refractivity contribution in [3.05, 3.63) is 57.0 Å². The maximum atomic E-state index is 13.1. The molecule has 1 aromatic carbocycles. The van der Waals surface area contributed by atoms with E-state index in [1.807, 2.05) is 19.9 Å². The molecule has 0 aliphatic heterocycles. The number of aromatic nitrogens is 4. The number of benzene rings is 1. The fourth-order valence-electron chi connectivity index (χ4n) is 3.30. The molecule has 0 fully saturated rings. The third-order valence-electron chi connectivity index (χ3n) is 4.67. The van der Waals surface area contributed by atoms with Crippen molar-refractivity contribution in [2.45, 2.75) is 32.2 Å². The maximum Gasteiger partial charge on any atom is 0.220 e. The highest BCUT2D eigenvalue weighted by Crippen LogP contribution is 2.32. The fourth-order valence-corrected chi connectivity index (χ4v) is 4.60. The number of hydrogen-bond donors (Lipinski definition) is 1. The summed E-state index contributed by atoms with van der Waals surface area (Å²) in [6.07, 6.45) is 1.09. The van der Waals surface area contributed by atoms with Gasteiger partial charge in [-0.15, -0.1) is 0 Å². The highest BCUT2D eigenvalue weighted by molar-refractivity contribution is 7.90. The second-order valence-electron chi connectivity index (χ2n) is 7.00. The van der Waals surface area contributed by atoms with Gasteiger partial charge >= 0.3 is 0 Å². The van der Waals surface area contributed by atoms with Crippen LogP contribution in [0.2, 0.25) is 5.02 Å². The Balaban J connectivity index is 2.21. The number of sulfone groups is 1. The summed E-state index contributed by atoms with van der Waals surface area (Å²) in [6.45, 7) is 5.36. The van der Waals surface area contributed by atoms with Gasteiger partial charge in [0.05, 0.1) is 27.9 Å². The summed E-state index contributed by atoms with van der Waals surface area (Å²) in [6, 6.07) is 4.58. The van der Waals surface area contributed by atoms with E-state index in [0.717, 1.165) is 17.6 Å². The molecule has 0 amide bonds. The molecule has 8 nitrogen and oxygen atoms in total. The van der Waals surface area contributed by atoms with Crippen LogP contribution in [0.15, 0.2) is 23.1 Å². The highest BCUT2D eigenvalue weighted by Gasteiger charge is 2.27. The molecule has 0 saturated heterocycles. The van der Waals surface area contributed by atoms with Crippen molar-refractivity contribution in [2.75, 3.05) is 6.26 Å². The maximum absolute atomic E-state index is 13.1. The number of ketones is 1. The lowest BCUT2D eigenvalue weighted by atomic mass is 10.0. The van der Waals surface area contributed by atoms with Gasteiger partial charge in [0, 0.05) is 30.1 Å². The number of carbonyl (C=O) groups is 1. The zero-order chi connectivity index (χ0) is 21.7. The van der Waals surface area contributed by atoms with Crippen molar-refractivity contribution in [1.29, 1.82) is 0 Å². The van der Waals surface area contributed by atoms with E-state index in [1.54, 1.807) is 11.6 Å². The van der Waals surface area contributed by atoms with Crippen LogP contribution >= 0.6 is 11.6 Å². The van der Waals surface area contributed by atoms with Crippen LogP contribution in [0.4, 0.5) is 0 Å². The average molecular weight is 437 g/mol. The van der Waals surface area contributed by atoms with Crippen molar-refractivity contribution in [3.8, 4) is 5.88 Å². The summed E-state index contributed by atoms with van der Waals surface area (Å²) in [5, 5.41) is 18.6. The Morgan fingerprint density at radius 2 is 1.86 bits per heavy atom. The van der Waals surface area contributed by atoms with E-state index in [1.165, 1.54) is 23.9 Å². The van der Waals surface area contributed by atoms with Crippen molar-refractivity contribution in [2.24, 2.45) is 7.05 Å². The highest BCUT2D eigenvalue weighted by atomic mass is 35.5. The Morgan fingerprint density at radius 3 is 2.34 bits per heavy atom. The van der Waals surface area contributed by atoms with E-state index in [-0.39, 0.29) is 39.0 Å². The third-order valence-corrected chi connectivity index (χ3v) is 6.29. The number of carbonyl (C=O) groups excluding carboxylic acids is 1. The molecule has 2 aromatic heterocycles. The van der Waals surface area contributed by atoms with Gasteiger partial charge in [-0.25, -0.2) is 13.1 Å². The molecule has 0 spiro atoms. The van der Waals surface area contributed by atoms with E-state index in [0.29, 0.717) is 5.69 Å². The Bertz CT molecular complexity index is 1240. The second-order valence-corrected chi connectivity index (χ2v) is 9.36. The summed E-state index contributed by atoms with van der Waals surface area (Å²) < 4.78 is 27.5. The van der Waals surface area contributed by atoms with E-state index in [4.69, 9.17) is 11.6 Å². The van der Waals surface area contributed by atoms with Crippen molar-refractivity contribution < 1.29 is 18.3 Å². The van der Waals surface area contributed by atoms with Gasteiger partial charge in [0.15, 0.2) is 9.84 Å². The van der Waals surface area contributed by atoms with Gasteiger partial charge in [-0.05, 0) is 39.0 Å². The average Bonchev–Trinajstić information content (AvgIpc) is 3.05. The molecular weight excluding hydrogens is 416 g/mol. The Kier molecular flexibility index (Phi) is 5.31. The fraction of sp³-hybridized carbons (Fsp3) is 0.316. The number of halogens is 1. The number of hydrogen-bond acceptors (Lipinski definition) is 6. The first-order valence-electron chi connectivity index (χ1n) is 8.71. The van der Waals surface area contributed by atoms with Gasteiger partial charge in [-0.1, -0.05) is 11.6 Å². The molecule has 0 atom stereocenters. The quantitative estimate of drug-likeness (QED) is 0.616. The van der Waals surface area contributed by atoms with Gasteiger partial charge in [-0.2, -0.15) is 10.2 Å². The van der Waals surface area contributed by atoms with E-state index in [2.05, 4.69) is 10.2 Å². The second kappa shape index (κ2) is 7.31. The summed E-state index contributed by atoms with van der Waals surface area (Å²) in [5.74, 6) is -0.816. The number of aromatic hydroxyl groups is 1. The number of nitrogens with zero attached hydrogens (tertiary/aromatic N) is 4. The zero-order valence-corrected chi connectivity index (χ0v) is 18.3. The Labute approximate surface area is 173 Å². The summed E-state index contributed by atoms with van der Waals surface area (Å²) in [5.41, 5.74) is 2.34. The van der Waals surface area contributed by atoms with Crippen LogP contribution in [0.3, 0.4) is 0 Å². The van der Waals surface area contributed by atoms with Crippen LogP contribution in [0.25, 0.3) is 0 Å². The molecule has 0 saturated carbocycles. The zero-order valence-electron chi connectivity index (χ0n) is 16.7. The van der Waals surface area contributed by atoms with Gasteiger partial charge in [-0.3, -0.25) is 9.48 Å². The third kappa shape index (κ3) is 3.79. The SMILES string of the molecule is Cc1cc(C)n(Cc2c(S(C)(=O)=O)ccc(C(=O)c3c(C)nn(C)c3O)c2Cl)n1. The largest absolute Gasteiger partial charge is 0.493 e. The molecule has 0 aliphatic carbocycles. The van der Waals surface area contributed by atoms with Crippen LogP contribution in [-0.4, -0.2) is 45.1 Å². The number of aryl methyl sites for hydroxylation is 4. The molecule has 0 bridgehead atoms. The lowest BCUT2D eigenvalue weighted by molar-refractivity contribution is 0.103. The minimum Gasteiger partial charge on any atom is -0.493 e. The van der Waals surface area contributed by atoms with Gasteiger partial charge in [0.1, 0.15) is 5.56 Å². The smallest absolute Gasteiger partial charge is 0.220 e. The molecule has 1 N–H and O–H groups in total. The van der Waals surface area contributed by atoms with Crippen LogP contribution in [0.1, 0.15) is 38.6 Å². The molecule has 0 radical (unpaired) electrons. The van der Waals surface area contributed by atoms with Crippen LogP contribution < -0.4 is 0 Å². The van der Waals surface area contributed by atoms with E-state index < -0.39 is 15.6 Å².